The predicted octanol–water partition coefficient (Wildman–Crippen LogP) is 3.01. The third-order valence-electron chi connectivity index (χ3n) is 3.80. The molecular formula is C14H14ClF4NO2. The molecule has 0 amide bonds. The number of alkyl halides is 4. The van der Waals surface area contributed by atoms with Crippen LogP contribution in [0.5, 0.6) is 0 Å². The highest BCUT2D eigenvalue weighted by Gasteiger charge is 2.48. The molecule has 2 atom stereocenters. The van der Waals surface area contributed by atoms with Crippen LogP contribution in [0.1, 0.15) is 17.0 Å². The number of nitrogens with one attached hydrogen (secondary N) is 1. The third kappa shape index (κ3) is 3.42. The average Bonchev–Trinajstić information content (AvgIpc) is 2.92. The van der Waals surface area contributed by atoms with E-state index in [1.165, 1.54) is 0 Å². The Labute approximate surface area is 129 Å². The predicted molar refractivity (Wildman–Crippen MR) is 72.7 cm³/mol. The minimum absolute atomic E-state index is 0.0833. The van der Waals surface area contributed by atoms with Gasteiger partial charge in [-0.25, -0.2) is 4.39 Å². The van der Waals surface area contributed by atoms with Gasteiger partial charge in [0.25, 0.3) is 0 Å². The van der Waals surface area contributed by atoms with E-state index in [1.54, 1.807) is 0 Å². The molecule has 122 valence electrons. The van der Waals surface area contributed by atoms with E-state index in [4.69, 9.17) is 21.1 Å². The fourth-order valence-electron chi connectivity index (χ4n) is 2.73. The van der Waals surface area contributed by atoms with Crippen molar-refractivity contribution in [2.24, 2.45) is 0 Å². The fourth-order valence-corrected chi connectivity index (χ4v) is 2.97. The minimum Gasteiger partial charge on any atom is -0.365 e. The molecule has 1 fully saturated rings. The Morgan fingerprint density at radius 3 is 2.73 bits per heavy atom. The molecule has 2 aliphatic heterocycles. The van der Waals surface area contributed by atoms with E-state index in [1.807, 2.05) is 18.2 Å². The molecule has 0 bridgehead atoms. The maximum absolute atomic E-state index is 13.2. The molecule has 1 saturated heterocycles. The van der Waals surface area contributed by atoms with E-state index in [0.717, 1.165) is 22.7 Å². The lowest BCUT2D eigenvalue weighted by atomic mass is 9.81. The van der Waals surface area contributed by atoms with Gasteiger partial charge in [0.1, 0.15) is 12.3 Å². The van der Waals surface area contributed by atoms with E-state index in [9.17, 15) is 17.6 Å². The van der Waals surface area contributed by atoms with Crippen LogP contribution in [0.15, 0.2) is 18.2 Å². The Balaban J connectivity index is 0.000000254. The summed E-state index contributed by atoms with van der Waals surface area (Å²) in [6.07, 6.45) is -5.70. The fraction of sp³-hybridized carbons (Fsp3) is 0.500. The van der Waals surface area contributed by atoms with Gasteiger partial charge in [0.05, 0.1) is 6.61 Å². The topological polar surface area (TPSA) is 38.3 Å². The quantitative estimate of drug-likeness (QED) is 0.631. The number of halogens is 5. The van der Waals surface area contributed by atoms with Gasteiger partial charge in [-0.05, 0) is 17.2 Å². The third-order valence-corrected chi connectivity index (χ3v) is 4.16. The molecule has 2 aliphatic rings. The van der Waals surface area contributed by atoms with Crippen molar-refractivity contribution >= 4 is 17.9 Å². The maximum atomic E-state index is 13.2. The lowest BCUT2D eigenvalue weighted by Crippen LogP contribution is -2.45. The number of carbonyl (C=O) groups is 1. The van der Waals surface area contributed by atoms with Crippen LogP contribution in [0.4, 0.5) is 17.6 Å². The monoisotopic (exact) mass is 339 g/mol. The molecule has 2 heterocycles. The Morgan fingerprint density at radius 1 is 1.45 bits per heavy atom. The van der Waals surface area contributed by atoms with E-state index in [0.29, 0.717) is 13.2 Å². The van der Waals surface area contributed by atoms with Gasteiger partial charge in [-0.15, -0.1) is 0 Å². The van der Waals surface area contributed by atoms with Gasteiger partial charge in [-0.1, -0.05) is 23.7 Å². The van der Waals surface area contributed by atoms with Crippen molar-refractivity contribution in [3.8, 4) is 0 Å². The van der Waals surface area contributed by atoms with Crippen molar-refractivity contribution in [2.45, 2.75) is 24.3 Å². The van der Waals surface area contributed by atoms with Crippen LogP contribution in [0.3, 0.4) is 0 Å². The van der Waals surface area contributed by atoms with Crippen molar-refractivity contribution in [1.82, 2.24) is 5.32 Å². The van der Waals surface area contributed by atoms with Gasteiger partial charge < -0.3 is 10.1 Å². The smallest absolute Gasteiger partial charge is 0.365 e. The van der Waals surface area contributed by atoms with Crippen LogP contribution < -0.4 is 5.32 Å². The Kier molecular flexibility index (Phi) is 5.09. The molecule has 0 aromatic heterocycles. The molecular weight excluding hydrogens is 326 g/mol. The Bertz CT molecular complexity index is 552. The molecule has 3 rings (SSSR count). The molecule has 0 radical (unpaired) electrons. The number of rotatable bonds is 1. The second-order valence-electron chi connectivity index (χ2n) is 5.14. The number of fused-ring (bicyclic) bond motifs is 3. The number of aldehydes is 1. The van der Waals surface area contributed by atoms with Crippen molar-refractivity contribution in [2.75, 3.05) is 19.8 Å². The molecule has 3 nitrogen and oxygen atoms in total. The number of carbonyl (C=O) groups excluding carboxylic acids is 1. The summed E-state index contributed by atoms with van der Waals surface area (Å²) in [5.74, 6) is 0.0833. The lowest BCUT2D eigenvalue weighted by molar-refractivity contribution is -0.156. The zero-order chi connectivity index (χ0) is 16.4. The zero-order valence-electron chi connectivity index (χ0n) is 11.4. The average molecular weight is 340 g/mol. The second kappa shape index (κ2) is 6.52. The van der Waals surface area contributed by atoms with Gasteiger partial charge in [0, 0.05) is 24.0 Å². The molecule has 8 heteroatoms. The number of benzene rings is 1. The molecule has 1 aromatic carbocycles. The Hall–Kier alpha value is -1.18. The number of hydrogen-bond donors (Lipinski definition) is 1. The molecule has 1 N–H and O–H groups in total. The number of hydrogen-bond acceptors (Lipinski definition) is 3. The largest absolute Gasteiger partial charge is 0.446 e. The summed E-state index contributed by atoms with van der Waals surface area (Å²) in [7, 11) is 0. The maximum Gasteiger partial charge on any atom is 0.446 e. The van der Waals surface area contributed by atoms with E-state index < -0.39 is 24.7 Å². The first kappa shape index (κ1) is 17.2. The van der Waals surface area contributed by atoms with Gasteiger partial charge in [0.15, 0.2) is 0 Å². The van der Waals surface area contributed by atoms with Gasteiger partial charge >= 0.3 is 6.18 Å². The molecule has 0 unspecified atom stereocenters. The van der Waals surface area contributed by atoms with Crippen molar-refractivity contribution < 1.29 is 27.1 Å². The van der Waals surface area contributed by atoms with E-state index in [2.05, 4.69) is 5.32 Å². The molecule has 0 saturated carbocycles. The van der Waals surface area contributed by atoms with Crippen LogP contribution in [0, 0.1) is 0 Å². The summed E-state index contributed by atoms with van der Waals surface area (Å²) >= 11 is 6.13. The Morgan fingerprint density at radius 2 is 2.14 bits per heavy atom. The summed E-state index contributed by atoms with van der Waals surface area (Å²) in [6, 6.07) is 5.81. The molecule has 1 aromatic rings. The highest BCUT2D eigenvalue weighted by atomic mass is 35.5. The highest BCUT2D eigenvalue weighted by molar-refractivity contribution is 6.31. The van der Waals surface area contributed by atoms with E-state index in [-0.39, 0.29) is 5.92 Å². The summed E-state index contributed by atoms with van der Waals surface area (Å²) in [6.45, 7) is 1.31. The van der Waals surface area contributed by atoms with Gasteiger partial charge in [-0.2, -0.15) is 13.2 Å². The van der Waals surface area contributed by atoms with Crippen molar-refractivity contribution in [1.29, 1.82) is 0 Å². The van der Waals surface area contributed by atoms with Crippen LogP contribution in [0.25, 0.3) is 0 Å². The minimum atomic E-state index is -4.64. The second-order valence-corrected chi connectivity index (χ2v) is 5.54. The van der Waals surface area contributed by atoms with Crippen LogP contribution in [-0.2, 0) is 16.1 Å². The SMILES string of the molecule is FC[C@]12CNC[C@@H]1c1cccc(Cl)c1CO2.O=CC(F)(F)F. The first-order valence-electron chi connectivity index (χ1n) is 6.54. The normalized spacial score (nSPS) is 26.5. The number of ether oxygens (including phenoxy) is 1. The molecule has 0 spiro atoms. The lowest BCUT2D eigenvalue weighted by Gasteiger charge is -2.38. The zero-order valence-corrected chi connectivity index (χ0v) is 12.2. The standard InChI is InChI=1S/C12H13ClFNO.C2HF3O/c13-11-3-1-2-8-9(11)5-16-12(6-14)7-15-4-10(8)12;3-2(4,5)1-6/h1-3,10,15H,4-7H2;1H/t10-,12+;/m1./s1. The van der Waals surface area contributed by atoms with E-state index >= 15 is 0 Å². The summed E-state index contributed by atoms with van der Waals surface area (Å²) in [4.78, 5) is 8.70. The summed E-state index contributed by atoms with van der Waals surface area (Å²) < 4.78 is 50.2. The molecule has 22 heavy (non-hydrogen) atoms. The summed E-state index contributed by atoms with van der Waals surface area (Å²) in [5, 5.41) is 3.93. The van der Waals surface area contributed by atoms with Gasteiger partial charge in [-0.3, -0.25) is 4.79 Å². The van der Waals surface area contributed by atoms with Crippen LogP contribution in [0.2, 0.25) is 5.02 Å². The first-order chi connectivity index (χ1) is 10.3. The van der Waals surface area contributed by atoms with Crippen LogP contribution in [-0.4, -0.2) is 37.8 Å². The molecule has 0 aliphatic carbocycles. The summed E-state index contributed by atoms with van der Waals surface area (Å²) in [5.41, 5.74) is 1.49. The highest BCUT2D eigenvalue weighted by Crippen LogP contribution is 2.43. The first-order valence-corrected chi connectivity index (χ1v) is 6.92. The van der Waals surface area contributed by atoms with Crippen molar-refractivity contribution in [3.05, 3.63) is 34.3 Å². The van der Waals surface area contributed by atoms with Crippen LogP contribution >= 0.6 is 11.6 Å². The van der Waals surface area contributed by atoms with Crippen molar-refractivity contribution in [3.63, 3.8) is 0 Å². The van der Waals surface area contributed by atoms with Gasteiger partial charge in [0.2, 0.25) is 6.29 Å².